The second-order valence-corrected chi connectivity index (χ2v) is 8.11. The first-order valence-electron chi connectivity index (χ1n) is 8.86. The number of aromatic nitrogens is 3. The standard InChI is InChI=1S/C21H25N5S/c1-21(2,3)17-10-6-15(7-11-17)14-22-26-19(23-24-20(26)27)16-8-12-18(13-9-16)25(4)5/h6-14H,1-5H3,(H,24,27). The summed E-state index contributed by atoms with van der Waals surface area (Å²) in [6, 6.07) is 16.5. The van der Waals surface area contributed by atoms with Gasteiger partial charge in [0.2, 0.25) is 4.77 Å². The van der Waals surface area contributed by atoms with Crippen molar-refractivity contribution >= 4 is 24.1 Å². The van der Waals surface area contributed by atoms with Gasteiger partial charge in [-0.3, -0.25) is 0 Å². The number of nitrogens with one attached hydrogen (secondary N) is 1. The minimum absolute atomic E-state index is 0.134. The van der Waals surface area contributed by atoms with Crippen LogP contribution in [0.5, 0.6) is 0 Å². The molecule has 1 N–H and O–H groups in total. The van der Waals surface area contributed by atoms with Gasteiger partial charge in [0.15, 0.2) is 5.82 Å². The fraction of sp³-hybridized carbons (Fsp3) is 0.286. The molecule has 3 aromatic rings. The van der Waals surface area contributed by atoms with Gasteiger partial charge in [-0.05, 0) is 53.0 Å². The molecular formula is C21H25N5S. The second-order valence-electron chi connectivity index (χ2n) is 7.72. The fourth-order valence-corrected chi connectivity index (χ4v) is 2.87. The summed E-state index contributed by atoms with van der Waals surface area (Å²) in [5, 5.41) is 11.7. The molecule has 0 aliphatic carbocycles. The SMILES string of the molecule is CN(C)c1ccc(-c2n[nH]c(=S)n2N=Cc2ccc(C(C)(C)C)cc2)cc1. The van der Waals surface area contributed by atoms with Gasteiger partial charge in [-0.15, -0.1) is 0 Å². The predicted octanol–water partition coefficient (Wildman–Crippen LogP) is 4.85. The van der Waals surface area contributed by atoms with E-state index in [1.165, 1.54) is 5.56 Å². The number of aromatic amines is 1. The van der Waals surface area contributed by atoms with Crippen LogP contribution < -0.4 is 4.90 Å². The smallest absolute Gasteiger partial charge is 0.216 e. The van der Waals surface area contributed by atoms with Crippen molar-refractivity contribution in [3.8, 4) is 11.4 Å². The Hall–Kier alpha value is -2.73. The van der Waals surface area contributed by atoms with E-state index in [9.17, 15) is 0 Å². The molecule has 1 heterocycles. The summed E-state index contributed by atoms with van der Waals surface area (Å²) < 4.78 is 2.11. The summed E-state index contributed by atoms with van der Waals surface area (Å²) in [5.41, 5.74) is 4.52. The summed E-state index contributed by atoms with van der Waals surface area (Å²) in [4.78, 5) is 2.06. The van der Waals surface area contributed by atoms with Gasteiger partial charge < -0.3 is 4.90 Å². The summed E-state index contributed by atoms with van der Waals surface area (Å²) in [6.45, 7) is 6.61. The highest BCUT2D eigenvalue weighted by Gasteiger charge is 2.12. The Morgan fingerprint density at radius 1 is 1.04 bits per heavy atom. The molecule has 0 spiro atoms. The molecule has 0 aliphatic heterocycles. The molecular weight excluding hydrogens is 354 g/mol. The van der Waals surface area contributed by atoms with Crippen molar-refractivity contribution in [1.82, 2.24) is 14.9 Å². The van der Waals surface area contributed by atoms with Crippen LogP contribution in [0, 0.1) is 4.77 Å². The van der Waals surface area contributed by atoms with E-state index < -0.39 is 0 Å². The van der Waals surface area contributed by atoms with Gasteiger partial charge in [-0.1, -0.05) is 45.0 Å². The number of H-pyrrole nitrogens is 1. The molecule has 0 unspecified atom stereocenters. The number of hydrogen-bond donors (Lipinski definition) is 1. The molecule has 0 bridgehead atoms. The minimum Gasteiger partial charge on any atom is -0.378 e. The number of anilines is 1. The Morgan fingerprint density at radius 3 is 2.22 bits per heavy atom. The van der Waals surface area contributed by atoms with Gasteiger partial charge in [-0.25, -0.2) is 5.10 Å². The lowest BCUT2D eigenvalue weighted by molar-refractivity contribution is 0.590. The summed E-state index contributed by atoms with van der Waals surface area (Å²) in [6.07, 6.45) is 1.80. The molecule has 140 valence electrons. The van der Waals surface area contributed by atoms with E-state index in [0.29, 0.717) is 10.6 Å². The van der Waals surface area contributed by atoms with Crippen LogP contribution in [0.1, 0.15) is 31.9 Å². The normalized spacial score (nSPS) is 11.9. The average molecular weight is 380 g/mol. The molecule has 6 heteroatoms. The molecule has 0 amide bonds. The lowest BCUT2D eigenvalue weighted by Gasteiger charge is -2.18. The minimum atomic E-state index is 0.134. The molecule has 0 saturated carbocycles. The molecule has 3 rings (SSSR count). The molecule has 0 saturated heterocycles. The third-order valence-corrected chi connectivity index (χ3v) is 4.66. The van der Waals surface area contributed by atoms with Gasteiger partial charge in [0.1, 0.15) is 0 Å². The van der Waals surface area contributed by atoms with Crippen LogP contribution in [0.3, 0.4) is 0 Å². The van der Waals surface area contributed by atoms with Crippen molar-refractivity contribution in [2.24, 2.45) is 5.10 Å². The molecule has 2 aromatic carbocycles. The Bertz CT molecular complexity index is 987. The van der Waals surface area contributed by atoms with Gasteiger partial charge in [0.25, 0.3) is 0 Å². The largest absolute Gasteiger partial charge is 0.378 e. The highest BCUT2D eigenvalue weighted by Crippen LogP contribution is 2.23. The number of benzene rings is 2. The number of nitrogens with zero attached hydrogens (tertiary/aromatic N) is 4. The average Bonchev–Trinajstić information content (AvgIpc) is 3.00. The van der Waals surface area contributed by atoms with Crippen molar-refractivity contribution in [1.29, 1.82) is 0 Å². The fourth-order valence-electron chi connectivity index (χ4n) is 2.69. The Morgan fingerprint density at radius 2 is 1.67 bits per heavy atom. The van der Waals surface area contributed by atoms with Crippen LogP contribution in [-0.2, 0) is 5.41 Å². The van der Waals surface area contributed by atoms with Crippen LogP contribution in [0.4, 0.5) is 5.69 Å². The number of hydrogen-bond acceptors (Lipinski definition) is 4. The van der Waals surface area contributed by atoms with Gasteiger partial charge in [-0.2, -0.15) is 14.9 Å². The molecule has 1 aromatic heterocycles. The zero-order valence-electron chi connectivity index (χ0n) is 16.4. The Kier molecular flexibility index (Phi) is 5.28. The maximum absolute atomic E-state index is 5.35. The van der Waals surface area contributed by atoms with E-state index in [-0.39, 0.29) is 5.41 Å². The quantitative estimate of drug-likeness (QED) is 0.520. The van der Waals surface area contributed by atoms with E-state index in [1.54, 1.807) is 10.9 Å². The molecule has 5 nitrogen and oxygen atoms in total. The van der Waals surface area contributed by atoms with E-state index in [4.69, 9.17) is 12.2 Å². The van der Waals surface area contributed by atoms with Crippen LogP contribution in [0.25, 0.3) is 11.4 Å². The van der Waals surface area contributed by atoms with Crippen molar-refractivity contribution in [3.05, 3.63) is 64.4 Å². The zero-order chi connectivity index (χ0) is 19.6. The van der Waals surface area contributed by atoms with E-state index in [0.717, 1.165) is 16.8 Å². The van der Waals surface area contributed by atoms with Crippen molar-refractivity contribution in [2.75, 3.05) is 19.0 Å². The second kappa shape index (κ2) is 7.48. The van der Waals surface area contributed by atoms with Crippen molar-refractivity contribution < 1.29 is 0 Å². The van der Waals surface area contributed by atoms with Crippen LogP contribution in [0.2, 0.25) is 0 Å². The predicted molar refractivity (Wildman–Crippen MR) is 115 cm³/mol. The van der Waals surface area contributed by atoms with E-state index in [2.05, 4.69) is 65.2 Å². The van der Waals surface area contributed by atoms with Crippen LogP contribution >= 0.6 is 12.2 Å². The first-order valence-corrected chi connectivity index (χ1v) is 9.26. The lowest BCUT2D eigenvalue weighted by Crippen LogP contribution is -2.10. The van der Waals surface area contributed by atoms with E-state index in [1.807, 2.05) is 38.4 Å². The molecule has 0 radical (unpaired) electrons. The van der Waals surface area contributed by atoms with Gasteiger partial charge in [0.05, 0.1) is 6.21 Å². The van der Waals surface area contributed by atoms with E-state index >= 15 is 0 Å². The maximum atomic E-state index is 5.35. The third-order valence-electron chi connectivity index (χ3n) is 4.39. The Labute approximate surface area is 165 Å². The molecule has 0 aliphatic rings. The molecule has 0 fully saturated rings. The Balaban J connectivity index is 1.89. The van der Waals surface area contributed by atoms with Crippen molar-refractivity contribution in [2.45, 2.75) is 26.2 Å². The topological polar surface area (TPSA) is 49.2 Å². The molecule has 0 atom stereocenters. The zero-order valence-corrected chi connectivity index (χ0v) is 17.2. The van der Waals surface area contributed by atoms with Crippen LogP contribution in [-0.4, -0.2) is 35.2 Å². The third kappa shape index (κ3) is 4.34. The summed E-state index contributed by atoms with van der Waals surface area (Å²) >= 11 is 5.35. The summed E-state index contributed by atoms with van der Waals surface area (Å²) in [7, 11) is 4.03. The monoisotopic (exact) mass is 379 g/mol. The van der Waals surface area contributed by atoms with Crippen LogP contribution in [0.15, 0.2) is 53.6 Å². The highest BCUT2D eigenvalue weighted by molar-refractivity contribution is 7.71. The highest BCUT2D eigenvalue weighted by atomic mass is 32.1. The summed E-state index contributed by atoms with van der Waals surface area (Å²) in [5.74, 6) is 0.688. The van der Waals surface area contributed by atoms with Gasteiger partial charge in [0, 0.05) is 25.3 Å². The molecule has 27 heavy (non-hydrogen) atoms. The van der Waals surface area contributed by atoms with Crippen molar-refractivity contribution in [3.63, 3.8) is 0 Å². The maximum Gasteiger partial charge on any atom is 0.216 e. The van der Waals surface area contributed by atoms with Gasteiger partial charge >= 0.3 is 0 Å². The first-order chi connectivity index (χ1) is 12.8. The lowest BCUT2D eigenvalue weighted by atomic mass is 9.87. The first kappa shape index (κ1) is 19.0. The number of rotatable bonds is 4.